The molecule has 0 spiro atoms. The highest BCUT2D eigenvalue weighted by molar-refractivity contribution is 7.89. The normalized spacial score (nSPS) is 20.1. The summed E-state index contributed by atoms with van der Waals surface area (Å²) in [6, 6.07) is 0.162. The van der Waals surface area contributed by atoms with Crippen LogP contribution in [0.2, 0.25) is 0 Å². The highest BCUT2D eigenvalue weighted by Crippen LogP contribution is 2.17. The summed E-state index contributed by atoms with van der Waals surface area (Å²) in [5, 5.41) is 0. The van der Waals surface area contributed by atoms with Gasteiger partial charge in [0.25, 0.3) is 0 Å². The molecule has 0 aromatic rings. The van der Waals surface area contributed by atoms with Crippen molar-refractivity contribution in [1.82, 2.24) is 4.72 Å². The zero-order chi connectivity index (χ0) is 11.1. The number of hydrogen-bond donors (Lipinski definition) is 2. The zero-order valence-electron chi connectivity index (χ0n) is 9.24. The Kier molecular flexibility index (Phi) is 5.56. The predicted molar refractivity (Wildman–Crippen MR) is 62.1 cm³/mol. The molecule has 5 heteroatoms. The first-order chi connectivity index (χ1) is 7.14. The Bertz CT molecular complexity index is 257. The van der Waals surface area contributed by atoms with Gasteiger partial charge in [0.05, 0.1) is 5.75 Å². The highest BCUT2D eigenvalue weighted by atomic mass is 32.2. The highest BCUT2D eigenvalue weighted by Gasteiger charge is 2.18. The van der Waals surface area contributed by atoms with E-state index >= 15 is 0 Å². The first kappa shape index (κ1) is 12.9. The molecule has 1 rings (SSSR count). The molecule has 0 heterocycles. The van der Waals surface area contributed by atoms with E-state index in [0.29, 0.717) is 13.0 Å². The number of nitrogens with one attached hydrogen (secondary N) is 1. The monoisotopic (exact) mass is 234 g/mol. The van der Waals surface area contributed by atoms with Gasteiger partial charge in [-0.15, -0.1) is 0 Å². The van der Waals surface area contributed by atoms with Gasteiger partial charge in [0.15, 0.2) is 0 Å². The van der Waals surface area contributed by atoms with Crippen LogP contribution in [0.3, 0.4) is 0 Å². The molecule has 4 nitrogen and oxygen atoms in total. The van der Waals surface area contributed by atoms with Crippen molar-refractivity contribution in [2.24, 2.45) is 5.73 Å². The predicted octanol–water partition coefficient (Wildman–Crippen LogP) is 0.977. The SMILES string of the molecule is NCCCS(=O)(=O)NC1CCCCCC1. The van der Waals surface area contributed by atoms with E-state index in [1.165, 1.54) is 12.8 Å². The Hall–Kier alpha value is -0.130. The third-order valence-electron chi connectivity index (χ3n) is 2.82. The summed E-state index contributed by atoms with van der Waals surface area (Å²) in [6.07, 6.45) is 7.28. The van der Waals surface area contributed by atoms with Crippen molar-refractivity contribution in [3.05, 3.63) is 0 Å². The van der Waals surface area contributed by atoms with Crippen LogP contribution in [0.5, 0.6) is 0 Å². The number of hydrogen-bond acceptors (Lipinski definition) is 3. The Morgan fingerprint density at radius 2 is 1.73 bits per heavy atom. The lowest BCUT2D eigenvalue weighted by atomic mass is 10.1. The van der Waals surface area contributed by atoms with E-state index in [1.54, 1.807) is 0 Å². The van der Waals surface area contributed by atoms with Crippen LogP contribution in [0, 0.1) is 0 Å². The minimum Gasteiger partial charge on any atom is -0.330 e. The molecule has 0 amide bonds. The van der Waals surface area contributed by atoms with E-state index in [4.69, 9.17) is 5.73 Å². The van der Waals surface area contributed by atoms with Crippen LogP contribution >= 0.6 is 0 Å². The van der Waals surface area contributed by atoms with Gasteiger partial charge in [-0.3, -0.25) is 0 Å². The maximum absolute atomic E-state index is 11.6. The molecule has 1 aliphatic carbocycles. The number of nitrogens with two attached hydrogens (primary N) is 1. The van der Waals surface area contributed by atoms with Crippen LogP contribution in [0.4, 0.5) is 0 Å². The summed E-state index contributed by atoms with van der Waals surface area (Å²) in [7, 11) is -3.09. The third-order valence-corrected chi connectivity index (χ3v) is 4.34. The molecule has 15 heavy (non-hydrogen) atoms. The summed E-state index contributed by atoms with van der Waals surface area (Å²) >= 11 is 0. The molecule has 1 fully saturated rings. The van der Waals surface area contributed by atoms with Crippen molar-refractivity contribution in [2.75, 3.05) is 12.3 Å². The fraction of sp³-hybridized carbons (Fsp3) is 1.00. The molecule has 0 radical (unpaired) electrons. The lowest BCUT2D eigenvalue weighted by Gasteiger charge is -2.15. The molecule has 0 unspecified atom stereocenters. The van der Waals surface area contributed by atoms with Crippen molar-refractivity contribution < 1.29 is 8.42 Å². The van der Waals surface area contributed by atoms with E-state index in [9.17, 15) is 8.42 Å². The van der Waals surface area contributed by atoms with Gasteiger partial charge in [0.2, 0.25) is 10.0 Å². The molecule has 0 atom stereocenters. The zero-order valence-corrected chi connectivity index (χ0v) is 10.1. The van der Waals surface area contributed by atoms with E-state index < -0.39 is 10.0 Å². The van der Waals surface area contributed by atoms with Gasteiger partial charge in [0, 0.05) is 6.04 Å². The van der Waals surface area contributed by atoms with Crippen molar-refractivity contribution >= 4 is 10.0 Å². The van der Waals surface area contributed by atoms with Gasteiger partial charge in [-0.25, -0.2) is 13.1 Å². The lowest BCUT2D eigenvalue weighted by molar-refractivity contribution is 0.509. The molecule has 0 aliphatic heterocycles. The molecular formula is C10H22N2O2S. The number of rotatable bonds is 5. The molecule has 0 saturated heterocycles. The van der Waals surface area contributed by atoms with Crippen molar-refractivity contribution in [3.8, 4) is 0 Å². The van der Waals surface area contributed by atoms with Crippen molar-refractivity contribution in [3.63, 3.8) is 0 Å². The largest absolute Gasteiger partial charge is 0.330 e. The van der Waals surface area contributed by atoms with Crippen LogP contribution in [0.15, 0.2) is 0 Å². The average molecular weight is 234 g/mol. The molecule has 0 bridgehead atoms. The summed E-state index contributed by atoms with van der Waals surface area (Å²) in [5.41, 5.74) is 5.30. The molecule has 1 aliphatic rings. The molecular weight excluding hydrogens is 212 g/mol. The Morgan fingerprint density at radius 1 is 1.13 bits per heavy atom. The fourth-order valence-corrected chi connectivity index (χ4v) is 3.39. The Morgan fingerprint density at radius 3 is 2.27 bits per heavy atom. The molecule has 0 aromatic heterocycles. The minimum absolute atomic E-state index is 0.162. The van der Waals surface area contributed by atoms with E-state index in [2.05, 4.69) is 4.72 Å². The van der Waals surface area contributed by atoms with Crippen LogP contribution in [0.25, 0.3) is 0 Å². The Balaban J connectivity index is 2.37. The Labute approximate surface area is 92.7 Å². The van der Waals surface area contributed by atoms with Crippen molar-refractivity contribution in [2.45, 2.75) is 51.0 Å². The maximum Gasteiger partial charge on any atom is 0.211 e. The summed E-state index contributed by atoms with van der Waals surface area (Å²) in [6.45, 7) is 0.436. The minimum atomic E-state index is -3.09. The van der Waals surface area contributed by atoms with Gasteiger partial charge in [-0.2, -0.15) is 0 Å². The number of sulfonamides is 1. The fourth-order valence-electron chi connectivity index (χ4n) is 1.98. The topological polar surface area (TPSA) is 72.2 Å². The molecule has 0 aromatic carbocycles. The van der Waals surface area contributed by atoms with E-state index in [-0.39, 0.29) is 11.8 Å². The third kappa shape index (κ3) is 5.49. The standard InChI is InChI=1S/C10H22N2O2S/c11-8-5-9-15(13,14)12-10-6-3-1-2-4-7-10/h10,12H,1-9,11H2. The second-order valence-electron chi connectivity index (χ2n) is 4.27. The average Bonchev–Trinajstić information content (AvgIpc) is 2.43. The smallest absolute Gasteiger partial charge is 0.211 e. The van der Waals surface area contributed by atoms with Crippen LogP contribution in [-0.4, -0.2) is 26.8 Å². The molecule has 90 valence electrons. The second-order valence-corrected chi connectivity index (χ2v) is 6.14. The van der Waals surface area contributed by atoms with Crippen LogP contribution in [0.1, 0.15) is 44.9 Å². The van der Waals surface area contributed by atoms with E-state index in [1.807, 2.05) is 0 Å². The quantitative estimate of drug-likeness (QED) is 0.696. The van der Waals surface area contributed by atoms with Gasteiger partial charge in [-0.05, 0) is 25.8 Å². The molecule has 1 saturated carbocycles. The van der Waals surface area contributed by atoms with Gasteiger partial charge in [0.1, 0.15) is 0 Å². The van der Waals surface area contributed by atoms with Gasteiger partial charge >= 0.3 is 0 Å². The van der Waals surface area contributed by atoms with Gasteiger partial charge < -0.3 is 5.73 Å². The van der Waals surface area contributed by atoms with Crippen LogP contribution < -0.4 is 10.5 Å². The second kappa shape index (κ2) is 6.45. The van der Waals surface area contributed by atoms with Crippen LogP contribution in [-0.2, 0) is 10.0 Å². The first-order valence-electron chi connectivity index (χ1n) is 5.84. The molecule has 3 N–H and O–H groups in total. The lowest BCUT2D eigenvalue weighted by Crippen LogP contribution is -2.36. The van der Waals surface area contributed by atoms with E-state index in [0.717, 1.165) is 25.7 Å². The summed E-state index contributed by atoms with van der Waals surface area (Å²) < 4.78 is 26.0. The first-order valence-corrected chi connectivity index (χ1v) is 7.49. The summed E-state index contributed by atoms with van der Waals surface area (Å²) in [4.78, 5) is 0. The summed E-state index contributed by atoms with van der Waals surface area (Å²) in [5.74, 6) is 0.167. The maximum atomic E-state index is 11.6. The van der Waals surface area contributed by atoms with Crippen molar-refractivity contribution in [1.29, 1.82) is 0 Å². The van der Waals surface area contributed by atoms with Gasteiger partial charge in [-0.1, -0.05) is 25.7 Å².